The maximum atomic E-state index is 11.3. The largest absolute Gasteiger partial charge is 0.365 e. The zero-order valence-electron chi connectivity index (χ0n) is 12.6. The highest BCUT2D eigenvalue weighted by Crippen LogP contribution is 2.32. The summed E-state index contributed by atoms with van der Waals surface area (Å²) in [6, 6.07) is 5.29. The molecule has 0 aliphatic heterocycles. The molecule has 1 rings (SSSR count). The van der Waals surface area contributed by atoms with Crippen molar-refractivity contribution in [3.05, 3.63) is 32.8 Å². The van der Waals surface area contributed by atoms with Crippen LogP contribution in [0.15, 0.2) is 22.7 Å². The van der Waals surface area contributed by atoms with Crippen LogP contribution in [0.1, 0.15) is 34.1 Å². The number of halogens is 1. The second kappa shape index (κ2) is 7.62. The molecule has 0 fully saturated rings. The van der Waals surface area contributed by atoms with E-state index in [2.05, 4.69) is 48.5 Å². The lowest BCUT2D eigenvalue weighted by Gasteiger charge is -2.29. The molecule has 0 radical (unpaired) electrons. The van der Waals surface area contributed by atoms with Gasteiger partial charge in [0.05, 0.1) is 4.92 Å². The number of hydrogen-bond acceptors (Lipinski definition) is 3. The van der Waals surface area contributed by atoms with Crippen LogP contribution in [0.3, 0.4) is 0 Å². The second-order valence-corrected chi connectivity index (χ2v) is 6.62. The van der Waals surface area contributed by atoms with Crippen LogP contribution in [-0.2, 0) is 0 Å². The van der Waals surface area contributed by atoms with Crippen LogP contribution in [0.4, 0.5) is 11.4 Å². The minimum atomic E-state index is -0.302. The molecule has 20 heavy (non-hydrogen) atoms. The maximum Gasteiger partial charge on any atom is 0.293 e. The molecule has 1 unspecified atom stereocenters. The molecule has 0 amide bonds. The van der Waals surface area contributed by atoms with E-state index in [-0.39, 0.29) is 10.6 Å². The van der Waals surface area contributed by atoms with Gasteiger partial charge in [-0.25, -0.2) is 0 Å². The predicted octanol–water partition coefficient (Wildman–Crippen LogP) is 4.87. The first-order valence-electron chi connectivity index (χ1n) is 7.04. The van der Waals surface area contributed by atoms with Gasteiger partial charge < -0.3 is 4.90 Å². The van der Waals surface area contributed by atoms with Crippen molar-refractivity contribution in [1.29, 1.82) is 0 Å². The van der Waals surface area contributed by atoms with E-state index in [9.17, 15) is 10.1 Å². The number of nitro benzene ring substituents is 1. The predicted molar refractivity (Wildman–Crippen MR) is 87.3 cm³/mol. The fraction of sp³-hybridized carbons (Fsp3) is 0.600. The summed E-state index contributed by atoms with van der Waals surface area (Å²) in [5, 5.41) is 11.3. The van der Waals surface area contributed by atoms with Gasteiger partial charge in [0.15, 0.2) is 0 Å². The van der Waals surface area contributed by atoms with E-state index in [0.29, 0.717) is 17.5 Å². The van der Waals surface area contributed by atoms with Crippen molar-refractivity contribution >= 4 is 27.3 Å². The molecule has 5 heteroatoms. The van der Waals surface area contributed by atoms with Gasteiger partial charge in [0.25, 0.3) is 5.69 Å². The van der Waals surface area contributed by atoms with Crippen molar-refractivity contribution in [2.24, 2.45) is 11.8 Å². The summed E-state index contributed by atoms with van der Waals surface area (Å²) in [6.07, 6.45) is 1.07. The van der Waals surface area contributed by atoms with Gasteiger partial charge in [-0.05, 0) is 24.0 Å². The van der Waals surface area contributed by atoms with Gasteiger partial charge in [-0.3, -0.25) is 10.1 Å². The van der Waals surface area contributed by atoms with Crippen LogP contribution in [0.25, 0.3) is 0 Å². The number of hydrogen-bond donors (Lipinski definition) is 0. The van der Waals surface area contributed by atoms with Gasteiger partial charge in [0.1, 0.15) is 5.69 Å². The normalized spacial score (nSPS) is 12.5. The Morgan fingerprint density at radius 2 is 1.95 bits per heavy atom. The molecule has 4 nitrogen and oxygen atoms in total. The molecule has 0 N–H and O–H groups in total. The van der Waals surface area contributed by atoms with Crippen LogP contribution >= 0.6 is 15.9 Å². The van der Waals surface area contributed by atoms with Crippen molar-refractivity contribution in [3.63, 3.8) is 0 Å². The number of rotatable bonds is 7. The first-order chi connectivity index (χ1) is 9.35. The Bertz CT molecular complexity index is 463. The van der Waals surface area contributed by atoms with Crippen LogP contribution < -0.4 is 4.90 Å². The zero-order valence-corrected chi connectivity index (χ0v) is 14.2. The summed E-state index contributed by atoms with van der Waals surface area (Å²) >= 11 is 3.31. The molecular weight excluding hydrogens is 320 g/mol. The number of benzene rings is 1. The van der Waals surface area contributed by atoms with Crippen LogP contribution in [0.5, 0.6) is 0 Å². The fourth-order valence-electron chi connectivity index (χ4n) is 2.13. The third-order valence-electron chi connectivity index (χ3n) is 3.29. The topological polar surface area (TPSA) is 46.4 Å². The third kappa shape index (κ3) is 4.78. The molecule has 0 bridgehead atoms. The van der Waals surface area contributed by atoms with Crippen LogP contribution in [-0.4, -0.2) is 18.0 Å². The molecule has 1 aromatic carbocycles. The lowest BCUT2D eigenvalue weighted by Crippen LogP contribution is -2.32. The Labute approximate surface area is 129 Å². The molecule has 0 aliphatic carbocycles. The maximum absolute atomic E-state index is 11.3. The SMILES string of the molecule is CCC(C)CN(CC(C)C)c1ccc(Br)cc1[N+](=O)[O-]. The smallest absolute Gasteiger partial charge is 0.293 e. The highest BCUT2D eigenvalue weighted by atomic mass is 79.9. The van der Waals surface area contributed by atoms with E-state index in [1.165, 1.54) is 0 Å². The van der Waals surface area contributed by atoms with E-state index >= 15 is 0 Å². The van der Waals surface area contributed by atoms with Crippen molar-refractivity contribution in [2.75, 3.05) is 18.0 Å². The molecular formula is C15H23BrN2O2. The highest BCUT2D eigenvalue weighted by Gasteiger charge is 2.21. The summed E-state index contributed by atoms with van der Waals surface area (Å²) in [5.74, 6) is 0.972. The summed E-state index contributed by atoms with van der Waals surface area (Å²) in [6.45, 7) is 10.3. The standard InChI is InChI=1S/C15H23BrN2O2/c1-5-12(4)10-17(9-11(2)3)14-7-6-13(16)8-15(14)18(19)20/h6-8,11-12H,5,9-10H2,1-4H3. The average molecular weight is 343 g/mol. The van der Waals surface area contributed by atoms with Gasteiger partial charge >= 0.3 is 0 Å². The Morgan fingerprint density at radius 1 is 1.30 bits per heavy atom. The highest BCUT2D eigenvalue weighted by molar-refractivity contribution is 9.10. The minimum absolute atomic E-state index is 0.170. The summed E-state index contributed by atoms with van der Waals surface area (Å²) in [7, 11) is 0. The van der Waals surface area contributed by atoms with Crippen molar-refractivity contribution < 1.29 is 4.92 Å². The summed E-state index contributed by atoms with van der Waals surface area (Å²) < 4.78 is 0.737. The van der Waals surface area contributed by atoms with E-state index in [4.69, 9.17) is 0 Å². The number of anilines is 1. The molecule has 0 spiro atoms. The van der Waals surface area contributed by atoms with Crippen molar-refractivity contribution in [1.82, 2.24) is 0 Å². The Balaban J connectivity index is 3.15. The Morgan fingerprint density at radius 3 is 2.45 bits per heavy atom. The van der Waals surface area contributed by atoms with Gasteiger partial charge in [-0.1, -0.05) is 50.0 Å². The Hall–Kier alpha value is -1.10. The van der Waals surface area contributed by atoms with E-state index in [1.54, 1.807) is 6.07 Å². The van der Waals surface area contributed by atoms with E-state index in [1.807, 2.05) is 12.1 Å². The molecule has 0 saturated carbocycles. The molecule has 1 atom stereocenters. The first kappa shape index (κ1) is 17.0. The van der Waals surface area contributed by atoms with E-state index < -0.39 is 0 Å². The van der Waals surface area contributed by atoms with Gasteiger partial charge in [0.2, 0.25) is 0 Å². The lowest BCUT2D eigenvalue weighted by molar-refractivity contribution is -0.384. The molecule has 0 saturated heterocycles. The monoisotopic (exact) mass is 342 g/mol. The quantitative estimate of drug-likeness (QED) is 0.524. The molecule has 1 aromatic rings. The van der Waals surface area contributed by atoms with Crippen LogP contribution in [0.2, 0.25) is 0 Å². The Kier molecular flexibility index (Phi) is 6.46. The van der Waals surface area contributed by atoms with Gasteiger partial charge in [-0.15, -0.1) is 0 Å². The fourth-order valence-corrected chi connectivity index (χ4v) is 2.48. The van der Waals surface area contributed by atoms with Gasteiger partial charge in [0, 0.05) is 23.6 Å². The van der Waals surface area contributed by atoms with Crippen molar-refractivity contribution in [3.8, 4) is 0 Å². The average Bonchev–Trinajstić information content (AvgIpc) is 2.37. The van der Waals surface area contributed by atoms with Gasteiger partial charge in [-0.2, -0.15) is 0 Å². The molecule has 0 aromatic heterocycles. The van der Waals surface area contributed by atoms with Crippen molar-refractivity contribution in [2.45, 2.75) is 34.1 Å². The molecule has 0 heterocycles. The summed E-state index contributed by atoms with van der Waals surface area (Å²) in [4.78, 5) is 13.1. The third-order valence-corrected chi connectivity index (χ3v) is 3.78. The van der Waals surface area contributed by atoms with Crippen LogP contribution in [0, 0.1) is 22.0 Å². The molecule has 0 aliphatic rings. The number of nitrogens with zero attached hydrogens (tertiary/aromatic N) is 2. The lowest BCUT2D eigenvalue weighted by atomic mass is 10.1. The molecule has 112 valence electrons. The second-order valence-electron chi connectivity index (χ2n) is 5.70. The number of nitro groups is 1. The summed E-state index contributed by atoms with van der Waals surface area (Å²) in [5.41, 5.74) is 0.885. The minimum Gasteiger partial charge on any atom is -0.365 e. The first-order valence-corrected chi connectivity index (χ1v) is 7.83. The zero-order chi connectivity index (χ0) is 15.3. The van der Waals surface area contributed by atoms with E-state index in [0.717, 1.165) is 24.0 Å².